The summed E-state index contributed by atoms with van der Waals surface area (Å²) in [5.41, 5.74) is 3.84. The quantitative estimate of drug-likeness (QED) is 0.583. The Morgan fingerprint density at radius 1 is 1.30 bits per heavy atom. The first-order valence-electron chi connectivity index (χ1n) is 8.21. The first-order valence-corrected chi connectivity index (χ1v) is 8.21. The van der Waals surface area contributed by atoms with Crippen LogP contribution in [0, 0.1) is 11.3 Å². The summed E-state index contributed by atoms with van der Waals surface area (Å²) in [5.74, 6) is -0.0593. The normalized spacial score (nSPS) is 18.6. The highest BCUT2D eigenvalue weighted by atomic mass is 16.3. The van der Waals surface area contributed by atoms with Crippen molar-refractivity contribution in [2.75, 3.05) is 0 Å². The van der Waals surface area contributed by atoms with Crippen LogP contribution in [0.2, 0.25) is 0 Å². The van der Waals surface area contributed by atoms with Gasteiger partial charge in [0, 0.05) is 5.71 Å². The van der Waals surface area contributed by atoms with Gasteiger partial charge in [-0.2, -0.15) is 5.10 Å². The van der Waals surface area contributed by atoms with Gasteiger partial charge in [0.1, 0.15) is 11.5 Å². The molecule has 0 atom stereocenters. The smallest absolute Gasteiger partial charge is 0.275 e. The van der Waals surface area contributed by atoms with E-state index in [1.54, 1.807) is 0 Å². The summed E-state index contributed by atoms with van der Waals surface area (Å²) in [4.78, 5) is 12.0. The van der Waals surface area contributed by atoms with Crippen molar-refractivity contribution in [3.05, 3.63) is 23.8 Å². The topological polar surface area (TPSA) is 81.9 Å². The van der Waals surface area contributed by atoms with Crippen molar-refractivity contribution >= 4 is 11.6 Å². The molecule has 2 rings (SSSR count). The number of phenolic OH excluding ortho intramolecular Hbond substituents is 2. The molecule has 0 bridgehead atoms. The molecule has 1 aromatic rings. The molecule has 0 heterocycles. The summed E-state index contributed by atoms with van der Waals surface area (Å²) in [6, 6.07) is 3.84. The van der Waals surface area contributed by atoms with Crippen LogP contribution in [-0.2, 0) is 0 Å². The average Bonchev–Trinajstić information content (AvgIpc) is 2.55. The molecule has 0 unspecified atom stereocenters. The third-order valence-electron chi connectivity index (χ3n) is 5.12. The molecule has 0 radical (unpaired) electrons. The number of phenols is 2. The SMILES string of the molecule is CCC(C)(C)C1CCC(=NNC(=O)c2cc(O)ccc2O)CC1. The maximum atomic E-state index is 12.0. The van der Waals surface area contributed by atoms with Gasteiger partial charge in [-0.3, -0.25) is 4.79 Å². The summed E-state index contributed by atoms with van der Waals surface area (Å²) in [6.45, 7) is 6.85. The van der Waals surface area contributed by atoms with Crippen molar-refractivity contribution in [3.63, 3.8) is 0 Å². The fourth-order valence-electron chi connectivity index (χ4n) is 3.03. The van der Waals surface area contributed by atoms with Crippen LogP contribution in [-0.4, -0.2) is 21.8 Å². The van der Waals surface area contributed by atoms with Crippen molar-refractivity contribution in [2.24, 2.45) is 16.4 Å². The molecule has 5 nitrogen and oxygen atoms in total. The molecule has 1 aliphatic carbocycles. The van der Waals surface area contributed by atoms with E-state index in [2.05, 4.69) is 31.3 Å². The molecule has 1 aliphatic rings. The maximum Gasteiger partial charge on any atom is 0.275 e. The number of benzene rings is 1. The summed E-state index contributed by atoms with van der Waals surface area (Å²) in [7, 11) is 0. The van der Waals surface area contributed by atoms with Crippen molar-refractivity contribution in [3.8, 4) is 11.5 Å². The van der Waals surface area contributed by atoms with Gasteiger partial charge in [0.05, 0.1) is 5.56 Å². The van der Waals surface area contributed by atoms with Crippen LogP contribution in [0.15, 0.2) is 23.3 Å². The fourth-order valence-corrected chi connectivity index (χ4v) is 3.03. The van der Waals surface area contributed by atoms with E-state index in [0.717, 1.165) is 37.8 Å². The van der Waals surface area contributed by atoms with Crippen molar-refractivity contribution in [1.29, 1.82) is 0 Å². The number of nitrogens with one attached hydrogen (secondary N) is 1. The van der Waals surface area contributed by atoms with E-state index in [-0.39, 0.29) is 17.1 Å². The Hall–Kier alpha value is -2.04. The monoisotopic (exact) mass is 318 g/mol. The Labute approximate surface area is 137 Å². The predicted molar refractivity (Wildman–Crippen MR) is 90.7 cm³/mol. The van der Waals surface area contributed by atoms with Gasteiger partial charge in [0.2, 0.25) is 0 Å². The van der Waals surface area contributed by atoms with Crippen molar-refractivity contribution in [1.82, 2.24) is 5.43 Å². The minimum Gasteiger partial charge on any atom is -0.508 e. The molecule has 0 aliphatic heterocycles. The van der Waals surface area contributed by atoms with Crippen LogP contribution in [0.5, 0.6) is 11.5 Å². The largest absolute Gasteiger partial charge is 0.508 e. The maximum absolute atomic E-state index is 12.0. The summed E-state index contributed by atoms with van der Waals surface area (Å²) >= 11 is 0. The molecule has 3 N–H and O–H groups in total. The number of rotatable bonds is 4. The van der Waals surface area contributed by atoms with Crippen LogP contribution >= 0.6 is 0 Å². The van der Waals surface area contributed by atoms with Crippen molar-refractivity contribution < 1.29 is 15.0 Å². The van der Waals surface area contributed by atoms with Crippen LogP contribution in [0.1, 0.15) is 63.2 Å². The number of hydrogen-bond acceptors (Lipinski definition) is 4. The van der Waals surface area contributed by atoms with Gasteiger partial charge in [0.25, 0.3) is 5.91 Å². The molecule has 1 amide bonds. The summed E-state index contributed by atoms with van der Waals surface area (Å²) < 4.78 is 0. The number of carbonyl (C=O) groups is 1. The van der Waals surface area contributed by atoms with Crippen molar-refractivity contribution in [2.45, 2.75) is 52.9 Å². The number of nitrogens with zero attached hydrogens (tertiary/aromatic N) is 1. The minimum absolute atomic E-state index is 0.0233. The lowest BCUT2D eigenvalue weighted by atomic mass is 9.69. The molecule has 126 valence electrons. The first kappa shape index (κ1) is 17.3. The number of amides is 1. The number of aromatic hydroxyl groups is 2. The van der Waals surface area contributed by atoms with Crippen LogP contribution < -0.4 is 5.43 Å². The van der Waals surface area contributed by atoms with Gasteiger partial charge >= 0.3 is 0 Å². The zero-order chi connectivity index (χ0) is 17.0. The first-order chi connectivity index (χ1) is 10.8. The van der Waals surface area contributed by atoms with Crippen LogP contribution in [0.3, 0.4) is 0 Å². The second-order valence-electron chi connectivity index (χ2n) is 6.94. The Morgan fingerprint density at radius 2 is 1.96 bits per heavy atom. The number of hydrogen-bond donors (Lipinski definition) is 3. The Bertz CT molecular complexity index is 598. The highest BCUT2D eigenvalue weighted by Gasteiger charge is 2.30. The zero-order valence-electron chi connectivity index (χ0n) is 14.1. The molecule has 5 heteroatoms. The Balaban J connectivity index is 1.94. The van der Waals surface area contributed by atoms with E-state index in [0.29, 0.717) is 11.3 Å². The van der Waals surface area contributed by atoms with Gasteiger partial charge in [-0.1, -0.05) is 27.2 Å². The van der Waals surface area contributed by atoms with Gasteiger partial charge in [-0.05, 0) is 55.2 Å². The highest BCUT2D eigenvalue weighted by molar-refractivity contribution is 5.98. The standard InChI is InChI=1S/C18H26N2O3/c1-4-18(2,3)12-5-7-13(8-6-12)19-20-17(23)15-11-14(21)9-10-16(15)22/h9-12,21-22H,4-8H2,1-3H3,(H,20,23). The van der Waals surface area contributed by atoms with Gasteiger partial charge in [0.15, 0.2) is 0 Å². The average molecular weight is 318 g/mol. The molecular formula is C18H26N2O3. The lowest BCUT2D eigenvalue weighted by molar-refractivity contribution is 0.0951. The summed E-state index contributed by atoms with van der Waals surface area (Å²) in [6.07, 6.45) is 5.12. The number of hydrazone groups is 1. The van der Waals surface area contributed by atoms with E-state index in [1.165, 1.54) is 18.2 Å². The predicted octanol–water partition coefficient (Wildman–Crippen LogP) is 3.81. The second-order valence-corrected chi connectivity index (χ2v) is 6.94. The second kappa shape index (κ2) is 7.02. The van der Waals surface area contributed by atoms with Gasteiger partial charge in [-0.25, -0.2) is 5.43 Å². The van der Waals surface area contributed by atoms with E-state index >= 15 is 0 Å². The lowest BCUT2D eigenvalue weighted by Gasteiger charge is -2.36. The highest BCUT2D eigenvalue weighted by Crippen LogP contribution is 2.39. The molecule has 1 saturated carbocycles. The summed E-state index contributed by atoms with van der Waals surface area (Å²) in [5, 5.41) is 23.3. The fraction of sp³-hybridized carbons (Fsp3) is 0.556. The van der Waals surface area contributed by atoms with E-state index in [4.69, 9.17) is 0 Å². The van der Waals surface area contributed by atoms with Gasteiger partial charge < -0.3 is 10.2 Å². The molecule has 1 fully saturated rings. The Morgan fingerprint density at radius 3 is 2.57 bits per heavy atom. The third kappa shape index (κ3) is 4.24. The molecule has 1 aromatic carbocycles. The Kier molecular flexibility index (Phi) is 5.29. The van der Waals surface area contributed by atoms with Gasteiger partial charge in [-0.15, -0.1) is 0 Å². The van der Waals surface area contributed by atoms with Crippen LogP contribution in [0.4, 0.5) is 0 Å². The molecule has 23 heavy (non-hydrogen) atoms. The van der Waals surface area contributed by atoms with E-state index in [9.17, 15) is 15.0 Å². The molecule has 0 aromatic heterocycles. The van der Waals surface area contributed by atoms with E-state index in [1.807, 2.05) is 0 Å². The molecule has 0 saturated heterocycles. The minimum atomic E-state index is -0.512. The lowest BCUT2D eigenvalue weighted by Crippen LogP contribution is -2.29. The van der Waals surface area contributed by atoms with E-state index < -0.39 is 5.91 Å². The van der Waals surface area contributed by atoms with Crippen LogP contribution in [0.25, 0.3) is 0 Å². The molecule has 0 spiro atoms. The number of carbonyl (C=O) groups excluding carboxylic acids is 1. The zero-order valence-corrected chi connectivity index (χ0v) is 14.1. The molecular weight excluding hydrogens is 292 g/mol. The third-order valence-corrected chi connectivity index (χ3v) is 5.12.